The maximum Gasteiger partial charge on any atom is 0.357 e. The van der Waals surface area contributed by atoms with Gasteiger partial charge in [-0.25, -0.2) is 9.78 Å². The lowest BCUT2D eigenvalue weighted by atomic mass is 10.3. The summed E-state index contributed by atoms with van der Waals surface area (Å²) in [6, 6.07) is 3.87. The largest absolute Gasteiger partial charge is 0.464 e. The van der Waals surface area contributed by atoms with Gasteiger partial charge in [0.15, 0.2) is 5.69 Å². The first-order chi connectivity index (χ1) is 8.11. The van der Waals surface area contributed by atoms with Crippen LogP contribution in [0.3, 0.4) is 0 Å². The van der Waals surface area contributed by atoms with Crippen molar-refractivity contribution < 1.29 is 9.53 Å². The molecule has 0 bridgehead atoms. The molecule has 0 atom stereocenters. The number of pyridine rings is 1. The lowest BCUT2D eigenvalue weighted by Crippen LogP contribution is -2.03. The summed E-state index contributed by atoms with van der Waals surface area (Å²) in [5.41, 5.74) is 2.24. The topological polar surface area (TPSA) is 52.1 Å². The number of hydrogen-bond donors (Lipinski definition) is 0. The smallest absolute Gasteiger partial charge is 0.357 e. The number of hydrogen-bond acceptors (Lipinski definition) is 5. The van der Waals surface area contributed by atoms with Crippen LogP contribution in [0.5, 0.6) is 0 Å². The van der Waals surface area contributed by atoms with Crippen LogP contribution in [0.4, 0.5) is 0 Å². The molecule has 5 heteroatoms. The van der Waals surface area contributed by atoms with E-state index >= 15 is 0 Å². The van der Waals surface area contributed by atoms with E-state index in [1.54, 1.807) is 6.20 Å². The highest BCUT2D eigenvalue weighted by molar-refractivity contribution is 7.15. The van der Waals surface area contributed by atoms with Gasteiger partial charge < -0.3 is 4.74 Å². The Bertz CT molecular complexity index is 546. The molecule has 88 valence electrons. The first-order valence-electron chi connectivity index (χ1n) is 5.10. The molecule has 0 amide bonds. The summed E-state index contributed by atoms with van der Waals surface area (Å²) < 4.78 is 4.67. The highest BCUT2D eigenvalue weighted by atomic mass is 32.1. The number of carbonyl (C=O) groups is 1. The van der Waals surface area contributed by atoms with Gasteiger partial charge in [-0.15, -0.1) is 11.3 Å². The first kappa shape index (κ1) is 11.7. The molecule has 2 rings (SSSR count). The van der Waals surface area contributed by atoms with Crippen LogP contribution in [0.1, 0.15) is 20.9 Å². The summed E-state index contributed by atoms with van der Waals surface area (Å²) in [6.45, 7) is 3.82. The van der Waals surface area contributed by atoms with Crippen LogP contribution in [0, 0.1) is 13.8 Å². The van der Waals surface area contributed by atoms with E-state index in [1.807, 2.05) is 26.0 Å². The van der Waals surface area contributed by atoms with Crippen LogP contribution in [0.25, 0.3) is 10.7 Å². The number of aryl methyl sites for hydroxylation is 2. The Morgan fingerprint density at radius 1 is 1.35 bits per heavy atom. The van der Waals surface area contributed by atoms with Crippen molar-refractivity contribution in [3.05, 3.63) is 34.5 Å². The van der Waals surface area contributed by atoms with Gasteiger partial charge in [-0.3, -0.25) is 4.98 Å². The molecule has 4 nitrogen and oxygen atoms in total. The highest BCUT2D eigenvalue weighted by Gasteiger charge is 2.16. The summed E-state index contributed by atoms with van der Waals surface area (Å²) in [7, 11) is 1.35. The van der Waals surface area contributed by atoms with Gasteiger partial charge >= 0.3 is 5.97 Å². The molecule has 0 saturated carbocycles. The zero-order valence-electron chi connectivity index (χ0n) is 9.85. The summed E-state index contributed by atoms with van der Waals surface area (Å²) >= 11 is 1.44. The Labute approximate surface area is 103 Å². The molecule has 2 aromatic heterocycles. The number of ether oxygens (including phenoxy) is 1. The van der Waals surface area contributed by atoms with Crippen molar-refractivity contribution in [2.75, 3.05) is 7.11 Å². The summed E-state index contributed by atoms with van der Waals surface area (Å²) in [6.07, 6.45) is 1.78. The molecule has 17 heavy (non-hydrogen) atoms. The first-order valence-corrected chi connectivity index (χ1v) is 5.92. The van der Waals surface area contributed by atoms with E-state index in [2.05, 4.69) is 14.7 Å². The maximum atomic E-state index is 11.4. The fourth-order valence-electron chi connectivity index (χ4n) is 1.39. The van der Waals surface area contributed by atoms with Gasteiger partial charge in [0, 0.05) is 11.1 Å². The average molecular weight is 248 g/mol. The van der Waals surface area contributed by atoms with Crippen LogP contribution in [-0.4, -0.2) is 23.0 Å². The van der Waals surface area contributed by atoms with Crippen LogP contribution in [-0.2, 0) is 4.74 Å². The minimum Gasteiger partial charge on any atom is -0.464 e. The van der Waals surface area contributed by atoms with E-state index < -0.39 is 5.97 Å². The van der Waals surface area contributed by atoms with Crippen molar-refractivity contribution in [2.24, 2.45) is 0 Å². The van der Waals surface area contributed by atoms with E-state index in [4.69, 9.17) is 0 Å². The molecule has 0 aliphatic heterocycles. The summed E-state index contributed by atoms with van der Waals surface area (Å²) in [5.74, 6) is -0.405. The Morgan fingerprint density at radius 2 is 2.12 bits per heavy atom. The zero-order valence-corrected chi connectivity index (χ0v) is 10.7. The quantitative estimate of drug-likeness (QED) is 0.766. The summed E-state index contributed by atoms with van der Waals surface area (Å²) in [4.78, 5) is 20.8. The number of esters is 1. The number of aromatic nitrogens is 2. The van der Waals surface area contributed by atoms with Crippen molar-refractivity contribution in [3.63, 3.8) is 0 Å². The Morgan fingerprint density at radius 3 is 2.71 bits per heavy atom. The molecule has 0 aromatic carbocycles. The Hall–Kier alpha value is -1.75. The molecule has 0 aliphatic carbocycles. The lowest BCUT2D eigenvalue weighted by molar-refractivity contribution is 0.0594. The number of methoxy groups -OCH3 is 1. The van der Waals surface area contributed by atoms with Crippen LogP contribution in [0.2, 0.25) is 0 Å². The van der Waals surface area contributed by atoms with Crippen molar-refractivity contribution in [1.82, 2.24) is 9.97 Å². The van der Waals surface area contributed by atoms with Crippen molar-refractivity contribution in [1.29, 1.82) is 0 Å². The second-order valence-electron chi connectivity index (χ2n) is 3.64. The lowest BCUT2D eigenvalue weighted by Gasteiger charge is -1.95. The number of thiazole rings is 1. The molecule has 0 spiro atoms. The van der Waals surface area contributed by atoms with Gasteiger partial charge in [0.25, 0.3) is 0 Å². The molecular formula is C12H12N2O2S. The molecule has 0 fully saturated rings. The molecule has 2 aromatic rings. The Balaban J connectivity index is 2.41. The molecule has 0 aliphatic rings. The van der Waals surface area contributed by atoms with Crippen molar-refractivity contribution >= 4 is 17.3 Å². The fraction of sp³-hybridized carbons (Fsp3) is 0.250. The minimum atomic E-state index is -0.405. The van der Waals surface area contributed by atoms with Gasteiger partial charge in [-0.05, 0) is 25.5 Å². The summed E-state index contributed by atoms with van der Waals surface area (Å²) in [5, 5.41) is 0.739. The second kappa shape index (κ2) is 4.63. The monoisotopic (exact) mass is 248 g/mol. The molecule has 0 unspecified atom stereocenters. The van der Waals surface area contributed by atoms with Gasteiger partial charge in [-0.2, -0.15) is 0 Å². The van der Waals surface area contributed by atoms with E-state index in [0.29, 0.717) is 5.69 Å². The number of nitrogens with zero attached hydrogens (tertiary/aromatic N) is 2. The predicted octanol–water partition coefficient (Wildman–Crippen LogP) is 2.61. The van der Waals surface area contributed by atoms with Crippen LogP contribution >= 0.6 is 11.3 Å². The average Bonchev–Trinajstić information content (AvgIpc) is 2.71. The zero-order chi connectivity index (χ0) is 12.4. The third kappa shape index (κ3) is 2.34. The molecule has 0 N–H and O–H groups in total. The van der Waals surface area contributed by atoms with Gasteiger partial charge in [0.1, 0.15) is 5.01 Å². The number of rotatable bonds is 2. The van der Waals surface area contributed by atoms with E-state index in [9.17, 15) is 4.79 Å². The number of carbonyl (C=O) groups excluding carboxylic acids is 1. The Kier molecular flexibility index (Phi) is 3.19. The molecular weight excluding hydrogens is 236 g/mol. The third-order valence-corrected chi connectivity index (χ3v) is 3.30. The molecule has 0 saturated heterocycles. The standard InChI is InChI=1S/C12H12N2O2S/c1-7-4-5-9(13-6-7)11-14-10(8(2)17-11)12(15)16-3/h4-6H,1-3H3. The van der Waals surface area contributed by atoms with Crippen molar-refractivity contribution in [3.8, 4) is 10.7 Å². The highest BCUT2D eigenvalue weighted by Crippen LogP contribution is 2.26. The van der Waals surface area contributed by atoms with E-state index in [1.165, 1.54) is 18.4 Å². The van der Waals surface area contributed by atoms with Crippen LogP contribution in [0.15, 0.2) is 18.3 Å². The van der Waals surface area contributed by atoms with Crippen molar-refractivity contribution in [2.45, 2.75) is 13.8 Å². The second-order valence-corrected chi connectivity index (χ2v) is 4.84. The normalized spacial score (nSPS) is 10.3. The van der Waals surface area contributed by atoms with Gasteiger partial charge in [0.05, 0.1) is 12.8 Å². The van der Waals surface area contributed by atoms with Crippen LogP contribution < -0.4 is 0 Å². The maximum absolute atomic E-state index is 11.4. The third-order valence-electron chi connectivity index (χ3n) is 2.31. The molecule has 0 radical (unpaired) electrons. The van der Waals surface area contributed by atoms with E-state index in [-0.39, 0.29) is 0 Å². The molecule has 2 heterocycles. The van der Waals surface area contributed by atoms with Gasteiger partial charge in [0.2, 0.25) is 0 Å². The van der Waals surface area contributed by atoms with Gasteiger partial charge in [-0.1, -0.05) is 6.07 Å². The minimum absolute atomic E-state index is 0.370. The predicted molar refractivity (Wildman–Crippen MR) is 66.2 cm³/mol. The SMILES string of the molecule is COC(=O)c1nc(-c2ccc(C)cn2)sc1C. The fourth-order valence-corrected chi connectivity index (χ4v) is 2.26. The van der Waals surface area contributed by atoms with E-state index in [0.717, 1.165) is 21.1 Å².